The number of fused-ring (bicyclic) bond motifs is 1. The Labute approximate surface area is 171 Å². The molecule has 0 atom stereocenters. The predicted molar refractivity (Wildman–Crippen MR) is 119 cm³/mol. The van der Waals surface area contributed by atoms with E-state index in [0.717, 1.165) is 55.8 Å². The van der Waals surface area contributed by atoms with Gasteiger partial charge in [-0.15, -0.1) is 0 Å². The van der Waals surface area contributed by atoms with Crippen molar-refractivity contribution in [1.82, 2.24) is 10.6 Å². The lowest BCUT2D eigenvalue weighted by atomic mass is 9.96. The number of aryl methyl sites for hydroxylation is 1. The number of carbonyl (C=O) groups is 1. The number of carbonyl (C=O) groups excluding carboxylic acids is 1. The summed E-state index contributed by atoms with van der Waals surface area (Å²) < 4.78 is 0. The highest BCUT2D eigenvalue weighted by Gasteiger charge is 2.46. The minimum atomic E-state index is -0.241. The minimum Gasteiger partial charge on any atom is -0.369 e. The van der Waals surface area contributed by atoms with E-state index in [1.165, 1.54) is 16.3 Å². The summed E-state index contributed by atoms with van der Waals surface area (Å²) in [7, 11) is 0. The standard InChI is InChI=1S/C25H27N3O/c1-18-9-10-20(28-15-13-26-14-16-28)17-22(18)24(29)27-25(11-12-25)23-8-4-6-19-5-2-3-7-21(19)23/h2-10,17,26H,11-16H2,1H3,(H,27,29). The Balaban J connectivity index is 1.44. The monoisotopic (exact) mass is 385 g/mol. The van der Waals surface area contributed by atoms with Gasteiger partial charge >= 0.3 is 0 Å². The second kappa shape index (κ2) is 7.20. The van der Waals surface area contributed by atoms with Crippen molar-refractivity contribution in [3.05, 3.63) is 77.4 Å². The van der Waals surface area contributed by atoms with Crippen LogP contribution in [-0.2, 0) is 5.54 Å². The second-order valence-electron chi connectivity index (χ2n) is 8.30. The Bertz CT molecular complexity index is 1060. The van der Waals surface area contributed by atoms with Gasteiger partial charge in [-0.1, -0.05) is 48.5 Å². The van der Waals surface area contributed by atoms with Crippen molar-refractivity contribution in [2.24, 2.45) is 0 Å². The fourth-order valence-corrected chi connectivity index (χ4v) is 4.49. The van der Waals surface area contributed by atoms with Crippen LogP contribution in [0.25, 0.3) is 10.8 Å². The molecular formula is C25H27N3O. The van der Waals surface area contributed by atoms with Crippen LogP contribution in [-0.4, -0.2) is 32.1 Å². The minimum absolute atomic E-state index is 0.0323. The van der Waals surface area contributed by atoms with Crippen LogP contribution in [0, 0.1) is 6.92 Å². The van der Waals surface area contributed by atoms with Gasteiger partial charge in [0, 0.05) is 37.4 Å². The molecule has 1 saturated heterocycles. The molecule has 0 spiro atoms. The molecule has 4 nitrogen and oxygen atoms in total. The van der Waals surface area contributed by atoms with E-state index >= 15 is 0 Å². The molecule has 1 amide bonds. The van der Waals surface area contributed by atoms with Crippen molar-refractivity contribution < 1.29 is 4.79 Å². The Morgan fingerprint density at radius 3 is 2.55 bits per heavy atom. The average Bonchev–Trinajstić information content (AvgIpc) is 3.54. The van der Waals surface area contributed by atoms with E-state index in [2.05, 4.69) is 76.2 Å². The van der Waals surface area contributed by atoms with Gasteiger partial charge in [0.15, 0.2) is 0 Å². The summed E-state index contributed by atoms with van der Waals surface area (Å²) in [6.45, 7) is 5.95. The first-order valence-corrected chi connectivity index (χ1v) is 10.5. The molecule has 148 valence electrons. The molecule has 1 saturated carbocycles. The summed E-state index contributed by atoms with van der Waals surface area (Å²) in [6.07, 6.45) is 1.98. The maximum atomic E-state index is 13.3. The largest absolute Gasteiger partial charge is 0.369 e. The van der Waals surface area contributed by atoms with Crippen LogP contribution in [0.3, 0.4) is 0 Å². The van der Waals surface area contributed by atoms with Crippen molar-refractivity contribution in [1.29, 1.82) is 0 Å². The first-order chi connectivity index (χ1) is 14.2. The highest BCUT2D eigenvalue weighted by Crippen LogP contribution is 2.48. The van der Waals surface area contributed by atoms with Crippen LogP contribution >= 0.6 is 0 Å². The zero-order valence-corrected chi connectivity index (χ0v) is 16.9. The molecule has 0 aromatic heterocycles. The summed E-state index contributed by atoms with van der Waals surface area (Å²) in [5.41, 5.74) is 3.94. The Kier molecular flexibility index (Phi) is 4.51. The molecule has 0 radical (unpaired) electrons. The average molecular weight is 386 g/mol. The molecule has 3 aromatic rings. The lowest BCUT2D eigenvalue weighted by molar-refractivity contribution is 0.0930. The van der Waals surface area contributed by atoms with E-state index in [1.54, 1.807) is 0 Å². The van der Waals surface area contributed by atoms with Crippen LogP contribution in [0.4, 0.5) is 5.69 Å². The van der Waals surface area contributed by atoms with Crippen LogP contribution in [0.1, 0.15) is 34.3 Å². The molecule has 2 N–H and O–H groups in total. The topological polar surface area (TPSA) is 44.4 Å². The molecule has 1 heterocycles. The first kappa shape index (κ1) is 18.2. The lowest BCUT2D eigenvalue weighted by Crippen LogP contribution is -2.43. The highest BCUT2D eigenvalue weighted by molar-refractivity contribution is 5.98. The molecule has 0 unspecified atom stereocenters. The van der Waals surface area contributed by atoms with Crippen molar-refractivity contribution >= 4 is 22.4 Å². The zero-order valence-electron chi connectivity index (χ0n) is 16.9. The van der Waals surface area contributed by atoms with Crippen molar-refractivity contribution in [3.8, 4) is 0 Å². The normalized spacial score (nSPS) is 17.9. The zero-order chi connectivity index (χ0) is 19.8. The number of piperazine rings is 1. The third kappa shape index (κ3) is 3.38. The molecule has 3 aromatic carbocycles. The summed E-state index contributed by atoms with van der Waals surface area (Å²) >= 11 is 0. The van der Waals surface area contributed by atoms with Crippen LogP contribution in [0.2, 0.25) is 0 Å². The van der Waals surface area contributed by atoms with Crippen LogP contribution < -0.4 is 15.5 Å². The smallest absolute Gasteiger partial charge is 0.252 e. The Morgan fingerprint density at radius 1 is 1.00 bits per heavy atom. The summed E-state index contributed by atoms with van der Waals surface area (Å²) in [5.74, 6) is 0.0323. The fraction of sp³-hybridized carbons (Fsp3) is 0.320. The molecular weight excluding hydrogens is 358 g/mol. The van der Waals surface area contributed by atoms with Gasteiger partial charge < -0.3 is 15.5 Å². The van der Waals surface area contributed by atoms with Crippen LogP contribution in [0.5, 0.6) is 0 Å². The number of anilines is 1. The molecule has 1 aliphatic carbocycles. The van der Waals surface area contributed by atoms with Crippen LogP contribution in [0.15, 0.2) is 60.7 Å². The van der Waals surface area contributed by atoms with Gasteiger partial charge in [-0.3, -0.25) is 4.79 Å². The molecule has 0 bridgehead atoms. The summed E-state index contributed by atoms with van der Waals surface area (Å²) in [4.78, 5) is 15.7. The molecule has 29 heavy (non-hydrogen) atoms. The van der Waals surface area contributed by atoms with Crippen molar-refractivity contribution in [2.45, 2.75) is 25.3 Å². The van der Waals surface area contributed by atoms with E-state index < -0.39 is 0 Å². The van der Waals surface area contributed by atoms with E-state index in [-0.39, 0.29) is 11.4 Å². The van der Waals surface area contributed by atoms with E-state index in [9.17, 15) is 4.79 Å². The number of nitrogens with zero attached hydrogens (tertiary/aromatic N) is 1. The number of hydrogen-bond donors (Lipinski definition) is 2. The quantitative estimate of drug-likeness (QED) is 0.714. The maximum absolute atomic E-state index is 13.3. The third-order valence-corrected chi connectivity index (χ3v) is 6.36. The van der Waals surface area contributed by atoms with Gasteiger partial charge in [0.1, 0.15) is 0 Å². The van der Waals surface area contributed by atoms with Gasteiger partial charge in [-0.05, 0) is 53.8 Å². The van der Waals surface area contributed by atoms with E-state index in [4.69, 9.17) is 0 Å². The van der Waals surface area contributed by atoms with Crippen molar-refractivity contribution in [2.75, 3.05) is 31.1 Å². The summed E-state index contributed by atoms with van der Waals surface area (Å²) in [6, 6.07) is 21.1. The maximum Gasteiger partial charge on any atom is 0.252 e. The number of amides is 1. The van der Waals surface area contributed by atoms with Gasteiger partial charge in [0.25, 0.3) is 5.91 Å². The van der Waals surface area contributed by atoms with Gasteiger partial charge in [-0.2, -0.15) is 0 Å². The third-order valence-electron chi connectivity index (χ3n) is 6.36. The number of hydrogen-bond acceptors (Lipinski definition) is 3. The van der Waals surface area contributed by atoms with Crippen molar-refractivity contribution in [3.63, 3.8) is 0 Å². The number of rotatable bonds is 4. The SMILES string of the molecule is Cc1ccc(N2CCNCC2)cc1C(=O)NC1(c2cccc3ccccc23)CC1. The van der Waals surface area contributed by atoms with Gasteiger partial charge in [0.2, 0.25) is 0 Å². The van der Waals surface area contributed by atoms with E-state index in [1.807, 2.05) is 6.92 Å². The molecule has 5 rings (SSSR count). The fourth-order valence-electron chi connectivity index (χ4n) is 4.49. The Morgan fingerprint density at radius 2 is 1.76 bits per heavy atom. The second-order valence-corrected chi connectivity index (χ2v) is 8.30. The highest BCUT2D eigenvalue weighted by atomic mass is 16.1. The predicted octanol–water partition coefficient (Wildman–Crippen LogP) is 3.98. The number of nitrogens with one attached hydrogen (secondary N) is 2. The molecule has 1 aliphatic heterocycles. The molecule has 2 aliphatic rings. The first-order valence-electron chi connectivity index (χ1n) is 10.5. The molecule has 4 heteroatoms. The summed E-state index contributed by atoms with van der Waals surface area (Å²) in [5, 5.41) is 9.24. The Hall–Kier alpha value is -2.85. The van der Waals surface area contributed by atoms with Gasteiger partial charge in [0.05, 0.1) is 5.54 Å². The van der Waals surface area contributed by atoms with Gasteiger partial charge in [-0.25, -0.2) is 0 Å². The lowest BCUT2D eigenvalue weighted by Gasteiger charge is -2.30. The molecule has 2 fully saturated rings. The van der Waals surface area contributed by atoms with E-state index in [0.29, 0.717) is 0 Å². The number of benzene rings is 3.